The highest BCUT2D eigenvalue weighted by atomic mass is 32.1. The zero-order valence-electron chi connectivity index (χ0n) is 9.56. The molecular formula is C11H16N3PS. The van der Waals surface area contributed by atoms with E-state index in [1.807, 2.05) is 0 Å². The summed E-state index contributed by atoms with van der Waals surface area (Å²) in [7, 11) is 0.752. The molecular weight excluding hydrogens is 237 g/mol. The van der Waals surface area contributed by atoms with Gasteiger partial charge in [-0.2, -0.15) is 0 Å². The molecule has 0 saturated carbocycles. The molecule has 3 nitrogen and oxygen atoms in total. The van der Waals surface area contributed by atoms with Crippen LogP contribution in [0.1, 0.15) is 26.0 Å². The molecule has 0 fully saturated rings. The van der Waals surface area contributed by atoms with Gasteiger partial charge in [0.05, 0.1) is 12.4 Å². The minimum absolute atomic E-state index is 0.675. The second-order valence-corrected chi connectivity index (χ2v) is 4.95. The van der Waals surface area contributed by atoms with Gasteiger partial charge in [-0.15, -0.1) is 0 Å². The van der Waals surface area contributed by atoms with E-state index >= 15 is 0 Å². The average Bonchev–Trinajstić information content (AvgIpc) is 2.30. The Labute approximate surface area is 104 Å². The highest BCUT2D eigenvalue weighted by molar-refractivity contribution is 7.85. The van der Waals surface area contributed by atoms with Crippen molar-refractivity contribution in [2.75, 3.05) is 17.4 Å². The summed E-state index contributed by atoms with van der Waals surface area (Å²) >= 11 is 3.86. The van der Waals surface area contributed by atoms with E-state index in [1.165, 1.54) is 0 Å². The molecule has 0 bridgehead atoms. The van der Waals surface area contributed by atoms with Crippen molar-refractivity contribution in [2.24, 2.45) is 0 Å². The zero-order valence-corrected chi connectivity index (χ0v) is 11.5. The molecule has 0 aromatic carbocycles. The van der Waals surface area contributed by atoms with Crippen LogP contribution >= 0.6 is 21.4 Å². The van der Waals surface area contributed by atoms with Gasteiger partial charge in [0.15, 0.2) is 5.82 Å². The van der Waals surface area contributed by atoms with Gasteiger partial charge in [-0.25, -0.2) is 4.98 Å². The molecule has 0 aliphatic carbocycles. The van der Waals surface area contributed by atoms with Gasteiger partial charge in [-0.1, -0.05) is 26.5 Å². The predicted molar refractivity (Wildman–Crippen MR) is 74.4 cm³/mol. The summed E-state index contributed by atoms with van der Waals surface area (Å²) in [5.74, 6) is 3.72. The lowest BCUT2D eigenvalue weighted by Crippen LogP contribution is -2.15. The average molecular weight is 253 g/mol. The van der Waals surface area contributed by atoms with Gasteiger partial charge in [0.2, 0.25) is 0 Å². The molecule has 0 spiro atoms. The smallest absolute Gasteiger partial charge is 0.151 e. The predicted octanol–water partition coefficient (Wildman–Crippen LogP) is 2.55. The third-order valence-electron chi connectivity index (χ3n) is 1.88. The third-order valence-corrected chi connectivity index (χ3v) is 3.14. The van der Waals surface area contributed by atoms with Crippen molar-refractivity contribution >= 4 is 27.2 Å². The first-order chi connectivity index (χ1) is 7.81. The van der Waals surface area contributed by atoms with Crippen molar-refractivity contribution in [1.29, 1.82) is 0 Å². The van der Waals surface area contributed by atoms with Crippen molar-refractivity contribution in [3.63, 3.8) is 0 Å². The number of thiol groups is 1. The van der Waals surface area contributed by atoms with Crippen LogP contribution in [0.15, 0.2) is 12.4 Å². The van der Waals surface area contributed by atoms with Crippen LogP contribution in [0.2, 0.25) is 0 Å². The van der Waals surface area contributed by atoms with E-state index in [0.717, 1.165) is 33.7 Å². The van der Waals surface area contributed by atoms with E-state index in [4.69, 9.17) is 0 Å². The molecule has 1 aromatic heterocycles. The Morgan fingerprint density at radius 2 is 2.25 bits per heavy atom. The van der Waals surface area contributed by atoms with E-state index in [9.17, 15) is 0 Å². The molecule has 0 aliphatic rings. The maximum Gasteiger partial charge on any atom is 0.151 e. The van der Waals surface area contributed by atoms with E-state index in [1.54, 1.807) is 12.4 Å². The number of nitrogens with zero attached hydrogens (tertiary/aromatic N) is 3. The number of hydrogen-bond acceptors (Lipinski definition) is 4. The van der Waals surface area contributed by atoms with Crippen LogP contribution in [0.4, 0.5) is 5.82 Å². The summed E-state index contributed by atoms with van der Waals surface area (Å²) < 4.78 is 2.26. The zero-order chi connectivity index (χ0) is 11.8. The van der Waals surface area contributed by atoms with Crippen molar-refractivity contribution < 1.29 is 0 Å². The van der Waals surface area contributed by atoms with Gasteiger partial charge in [0.25, 0.3) is 0 Å². The summed E-state index contributed by atoms with van der Waals surface area (Å²) in [6.45, 7) is 5.35. The molecule has 0 amide bonds. The van der Waals surface area contributed by atoms with Gasteiger partial charge in [-0.3, -0.25) is 4.98 Å². The first kappa shape index (κ1) is 13.3. The molecule has 1 heterocycles. The minimum atomic E-state index is 0.675. The van der Waals surface area contributed by atoms with E-state index in [-0.39, 0.29) is 0 Å². The fourth-order valence-electron chi connectivity index (χ4n) is 1.29. The lowest BCUT2D eigenvalue weighted by atomic mass is 10.4. The Morgan fingerprint density at radius 1 is 1.44 bits per heavy atom. The summed E-state index contributed by atoms with van der Waals surface area (Å²) in [6.07, 6.45) is 5.69. The van der Waals surface area contributed by atoms with Crippen molar-refractivity contribution in [3.8, 4) is 11.2 Å². The van der Waals surface area contributed by atoms with Crippen LogP contribution in [0.25, 0.3) is 0 Å². The second-order valence-electron chi connectivity index (χ2n) is 3.16. The van der Waals surface area contributed by atoms with Gasteiger partial charge in [0.1, 0.15) is 5.69 Å². The Hall–Kier alpha value is -0.780. The summed E-state index contributed by atoms with van der Waals surface area (Å²) in [6, 6.07) is 0. The SMILES string of the molecule is CCCN(PCC)c1cncc(C#CS)n1. The Kier molecular flexibility index (Phi) is 6.22. The monoisotopic (exact) mass is 253 g/mol. The van der Waals surface area contributed by atoms with Crippen LogP contribution in [0.3, 0.4) is 0 Å². The van der Waals surface area contributed by atoms with Gasteiger partial charge in [-0.05, 0) is 32.5 Å². The summed E-state index contributed by atoms with van der Waals surface area (Å²) in [4.78, 5) is 8.60. The molecule has 16 heavy (non-hydrogen) atoms. The lowest BCUT2D eigenvalue weighted by molar-refractivity contribution is 0.906. The maximum absolute atomic E-state index is 4.45. The number of hydrogen-bond donors (Lipinski definition) is 1. The molecule has 5 heteroatoms. The standard InChI is InChI=1S/C11H16N3PS/c1-3-6-14(15-4-2)11-9-12-8-10(13-11)5-7-16/h8-9,15-16H,3-4,6H2,1-2H3. The van der Waals surface area contributed by atoms with Crippen molar-refractivity contribution in [3.05, 3.63) is 18.1 Å². The molecule has 0 N–H and O–H groups in total. The first-order valence-electron chi connectivity index (χ1n) is 5.30. The molecule has 1 unspecified atom stereocenters. The molecule has 0 aliphatic heterocycles. The molecule has 1 aromatic rings. The normalized spacial score (nSPS) is 10.2. The molecule has 0 radical (unpaired) electrons. The summed E-state index contributed by atoms with van der Waals surface area (Å²) in [5.41, 5.74) is 0.675. The first-order valence-corrected chi connectivity index (χ1v) is 6.90. The quantitative estimate of drug-likeness (QED) is 0.497. The highest BCUT2D eigenvalue weighted by Gasteiger charge is 2.06. The lowest BCUT2D eigenvalue weighted by Gasteiger charge is -2.21. The van der Waals surface area contributed by atoms with Crippen LogP contribution in [-0.4, -0.2) is 22.7 Å². The largest absolute Gasteiger partial charge is 0.337 e. The Bertz CT molecular complexity index is 380. The number of rotatable bonds is 5. The van der Waals surface area contributed by atoms with Crippen LogP contribution in [-0.2, 0) is 0 Å². The van der Waals surface area contributed by atoms with Crippen LogP contribution in [0.5, 0.6) is 0 Å². The van der Waals surface area contributed by atoms with Crippen LogP contribution < -0.4 is 4.67 Å². The molecule has 1 atom stereocenters. The molecule has 1 rings (SSSR count). The number of anilines is 1. The van der Waals surface area contributed by atoms with E-state index < -0.39 is 0 Å². The summed E-state index contributed by atoms with van der Waals surface area (Å²) in [5, 5.41) is 2.54. The van der Waals surface area contributed by atoms with Gasteiger partial charge < -0.3 is 4.67 Å². The van der Waals surface area contributed by atoms with Gasteiger partial charge in [0, 0.05) is 6.54 Å². The molecule has 0 saturated heterocycles. The van der Waals surface area contributed by atoms with Crippen molar-refractivity contribution in [1.82, 2.24) is 9.97 Å². The van der Waals surface area contributed by atoms with E-state index in [2.05, 4.69) is 52.3 Å². The fraction of sp³-hybridized carbons (Fsp3) is 0.455. The third kappa shape index (κ3) is 4.00. The molecule has 86 valence electrons. The Balaban J connectivity index is 2.88. The maximum atomic E-state index is 4.45. The number of aromatic nitrogens is 2. The topological polar surface area (TPSA) is 29.0 Å². The Morgan fingerprint density at radius 3 is 2.88 bits per heavy atom. The van der Waals surface area contributed by atoms with Gasteiger partial charge >= 0.3 is 0 Å². The highest BCUT2D eigenvalue weighted by Crippen LogP contribution is 2.24. The van der Waals surface area contributed by atoms with Crippen LogP contribution in [0, 0.1) is 11.2 Å². The van der Waals surface area contributed by atoms with E-state index in [0.29, 0.717) is 5.69 Å². The second kappa shape index (κ2) is 7.49. The van der Waals surface area contributed by atoms with Crippen molar-refractivity contribution in [2.45, 2.75) is 20.3 Å². The minimum Gasteiger partial charge on any atom is -0.337 e. The fourth-order valence-corrected chi connectivity index (χ4v) is 2.44.